The third kappa shape index (κ3) is 2.36. The average Bonchev–Trinajstić information content (AvgIpc) is 3.15. The van der Waals surface area contributed by atoms with E-state index in [4.69, 9.17) is 0 Å². The van der Waals surface area contributed by atoms with E-state index in [2.05, 4.69) is 143 Å². The SMILES string of the molecule is Cc1ccccc1-c1cccc2[n+]1C1(C)c3ccccc3-c3cccc([n+]31)N2c1ccccc1. The van der Waals surface area contributed by atoms with Gasteiger partial charge >= 0.3 is 0 Å². The molecule has 2 aliphatic heterocycles. The summed E-state index contributed by atoms with van der Waals surface area (Å²) in [5.74, 6) is 2.33. The molecule has 1 atom stereocenters. The van der Waals surface area contributed by atoms with Gasteiger partial charge in [-0.3, -0.25) is 0 Å². The Bertz CT molecular complexity index is 1590. The lowest BCUT2D eigenvalue weighted by Gasteiger charge is -2.35. The molecule has 0 aliphatic carbocycles. The van der Waals surface area contributed by atoms with Crippen molar-refractivity contribution in [2.75, 3.05) is 4.90 Å². The molecule has 0 spiro atoms. The molecule has 5 aromatic rings. The summed E-state index contributed by atoms with van der Waals surface area (Å²) < 4.78 is 5.05. The second kappa shape index (κ2) is 6.88. The molecular weight excluding hydrogens is 414 g/mol. The Hall–Kier alpha value is -4.24. The monoisotopic (exact) mass is 439 g/mol. The van der Waals surface area contributed by atoms with E-state index in [-0.39, 0.29) is 0 Å². The summed E-state index contributed by atoms with van der Waals surface area (Å²) in [4.78, 5) is 2.39. The number of aromatic nitrogens is 2. The third-order valence-corrected chi connectivity index (χ3v) is 7.42. The maximum absolute atomic E-state index is 2.53. The highest BCUT2D eigenvalue weighted by Crippen LogP contribution is 2.45. The van der Waals surface area contributed by atoms with Crippen LogP contribution in [0.3, 0.4) is 0 Å². The minimum Gasteiger partial charge on any atom is -0.179 e. The number of hydrogen-bond donors (Lipinski definition) is 0. The highest BCUT2D eigenvalue weighted by atomic mass is 15.5. The van der Waals surface area contributed by atoms with E-state index in [1.54, 1.807) is 0 Å². The molecule has 0 fully saturated rings. The van der Waals surface area contributed by atoms with Crippen molar-refractivity contribution >= 4 is 17.3 Å². The first-order valence-corrected chi connectivity index (χ1v) is 11.8. The highest BCUT2D eigenvalue weighted by molar-refractivity contribution is 5.74. The molecule has 0 saturated heterocycles. The molecule has 0 N–H and O–H groups in total. The van der Waals surface area contributed by atoms with E-state index < -0.39 is 5.66 Å². The molecular formula is C31H25N3+2. The van der Waals surface area contributed by atoms with Crippen LogP contribution in [0.2, 0.25) is 0 Å². The maximum Gasteiger partial charge on any atom is 0.294 e. The lowest BCUT2D eigenvalue weighted by molar-refractivity contribution is -0.962. The summed E-state index contributed by atoms with van der Waals surface area (Å²) >= 11 is 0. The quantitative estimate of drug-likeness (QED) is 0.295. The zero-order valence-corrected chi connectivity index (χ0v) is 19.3. The first kappa shape index (κ1) is 19.2. The molecule has 2 aliphatic rings. The van der Waals surface area contributed by atoms with E-state index in [0.29, 0.717) is 0 Å². The number of aryl methyl sites for hydroxylation is 1. The van der Waals surface area contributed by atoms with Gasteiger partial charge in [0.25, 0.3) is 17.3 Å². The Morgan fingerprint density at radius 1 is 0.559 bits per heavy atom. The predicted octanol–water partition coefficient (Wildman–Crippen LogP) is 6.27. The van der Waals surface area contributed by atoms with Crippen molar-refractivity contribution in [1.29, 1.82) is 0 Å². The van der Waals surface area contributed by atoms with Gasteiger partial charge in [-0.05, 0) is 55.0 Å². The smallest absolute Gasteiger partial charge is 0.179 e. The molecule has 162 valence electrons. The second-order valence-electron chi connectivity index (χ2n) is 9.26. The van der Waals surface area contributed by atoms with Gasteiger partial charge in [0.1, 0.15) is 17.1 Å². The number of benzene rings is 3. The predicted molar refractivity (Wildman–Crippen MR) is 135 cm³/mol. The van der Waals surface area contributed by atoms with Gasteiger partial charge in [0, 0.05) is 30.2 Å². The number of rotatable bonds is 2. The number of pyridine rings is 2. The number of hydrogen-bond acceptors (Lipinski definition) is 1. The standard InChI is InChI=1S/C31H25N3/c1-22-12-6-7-15-24(22)27-18-10-20-29-32(23-13-4-3-5-14-23)30-21-11-19-28-25-16-8-9-17-26(25)31(2,33(27)29)34(28)30/h3-21H,1-2H3/q+2. The van der Waals surface area contributed by atoms with Gasteiger partial charge in [0.2, 0.25) is 0 Å². The second-order valence-corrected chi connectivity index (χ2v) is 9.26. The molecule has 34 heavy (non-hydrogen) atoms. The molecule has 0 amide bonds. The van der Waals surface area contributed by atoms with Crippen LogP contribution in [-0.4, -0.2) is 0 Å². The lowest BCUT2D eigenvalue weighted by atomic mass is 9.95. The minimum absolute atomic E-state index is 0.401. The molecule has 3 aromatic carbocycles. The Balaban J connectivity index is 1.66. The van der Waals surface area contributed by atoms with E-state index in [1.807, 2.05) is 0 Å². The van der Waals surface area contributed by atoms with Crippen molar-refractivity contribution in [2.24, 2.45) is 0 Å². The van der Waals surface area contributed by atoms with Crippen molar-refractivity contribution in [3.63, 3.8) is 0 Å². The molecule has 2 aromatic heterocycles. The fourth-order valence-electron chi connectivity index (χ4n) is 5.96. The minimum atomic E-state index is -0.401. The maximum atomic E-state index is 2.53. The largest absolute Gasteiger partial charge is 0.294 e. The molecule has 0 bridgehead atoms. The lowest BCUT2D eigenvalue weighted by Crippen LogP contribution is -2.76. The summed E-state index contributed by atoms with van der Waals surface area (Å²) in [6.07, 6.45) is 0. The van der Waals surface area contributed by atoms with Crippen LogP contribution in [0.25, 0.3) is 22.5 Å². The Kier molecular flexibility index (Phi) is 3.89. The summed E-state index contributed by atoms with van der Waals surface area (Å²) in [5.41, 5.74) is 8.34. The van der Waals surface area contributed by atoms with Gasteiger partial charge in [0.15, 0.2) is 0 Å². The van der Waals surface area contributed by atoms with Crippen LogP contribution >= 0.6 is 0 Å². The summed E-state index contributed by atoms with van der Waals surface area (Å²) in [6, 6.07) is 41.6. The van der Waals surface area contributed by atoms with Crippen LogP contribution in [0.15, 0.2) is 115 Å². The van der Waals surface area contributed by atoms with Gasteiger partial charge in [-0.2, -0.15) is 14.0 Å². The summed E-state index contributed by atoms with van der Waals surface area (Å²) in [6.45, 7) is 4.56. The Labute approximate surface area is 199 Å². The molecule has 1 unspecified atom stereocenters. The van der Waals surface area contributed by atoms with Gasteiger partial charge in [-0.1, -0.05) is 60.7 Å². The van der Waals surface area contributed by atoms with Crippen LogP contribution in [0.4, 0.5) is 17.3 Å². The molecule has 0 radical (unpaired) electrons. The molecule has 0 saturated carbocycles. The van der Waals surface area contributed by atoms with Crippen LogP contribution in [-0.2, 0) is 5.66 Å². The number of nitrogens with zero attached hydrogens (tertiary/aromatic N) is 3. The zero-order chi connectivity index (χ0) is 22.9. The zero-order valence-electron chi connectivity index (χ0n) is 19.3. The van der Waals surface area contributed by atoms with E-state index >= 15 is 0 Å². The third-order valence-electron chi connectivity index (χ3n) is 7.42. The highest BCUT2D eigenvalue weighted by Gasteiger charge is 2.57. The van der Waals surface area contributed by atoms with Crippen molar-refractivity contribution in [2.45, 2.75) is 19.5 Å². The van der Waals surface area contributed by atoms with Gasteiger partial charge in [-0.15, -0.1) is 0 Å². The van der Waals surface area contributed by atoms with Crippen LogP contribution < -0.4 is 14.0 Å². The Morgan fingerprint density at radius 3 is 1.79 bits per heavy atom. The van der Waals surface area contributed by atoms with E-state index in [1.165, 1.54) is 39.5 Å². The number of para-hydroxylation sites is 1. The average molecular weight is 440 g/mol. The topological polar surface area (TPSA) is 11.0 Å². The van der Waals surface area contributed by atoms with Crippen LogP contribution in [0.5, 0.6) is 0 Å². The summed E-state index contributed by atoms with van der Waals surface area (Å²) in [7, 11) is 0. The van der Waals surface area contributed by atoms with Crippen molar-refractivity contribution in [1.82, 2.24) is 0 Å². The fraction of sp³-hybridized carbons (Fsp3) is 0.0968. The van der Waals surface area contributed by atoms with Crippen molar-refractivity contribution in [3.05, 3.63) is 126 Å². The Morgan fingerprint density at radius 2 is 1.12 bits per heavy atom. The molecule has 7 rings (SSSR count). The number of anilines is 3. The molecule has 3 heteroatoms. The van der Waals surface area contributed by atoms with Crippen molar-refractivity contribution < 1.29 is 9.13 Å². The van der Waals surface area contributed by atoms with E-state index in [0.717, 1.165) is 11.5 Å². The van der Waals surface area contributed by atoms with Crippen molar-refractivity contribution in [3.8, 4) is 22.5 Å². The first-order chi connectivity index (χ1) is 16.7. The van der Waals surface area contributed by atoms with E-state index in [9.17, 15) is 0 Å². The molecule has 4 heterocycles. The van der Waals surface area contributed by atoms with Crippen LogP contribution in [0.1, 0.15) is 18.1 Å². The van der Waals surface area contributed by atoms with Gasteiger partial charge in [-0.25, -0.2) is 0 Å². The fourth-order valence-corrected chi connectivity index (χ4v) is 5.96. The molecule has 3 nitrogen and oxygen atoms in total. The van der Waals surface area contributed by atoms with Gasteiger partial charge in [0.05, 0.1) is 5.56 Å². The normalized spacial score (nSPS) is 17.2. The number of fused-ring (bicyclic) bond motifs is 5. The summed E-state index contributed by atoms with van der Waals surface area (Å²) in [5, 5.41) is 0. The first-order valence-electron chi connectivity index (χ1n) is 11.8. The van der Waals surface area contributed by atoms with Gasteiger partial charge < -0.3 is 0 Å². The van der Waals surface area contributed by atoms with Crippen LogP contribution in [0, 0.1) is 6.92 Å².